The largest absolute Gasteiger partial charge is 0.480 e. The summed E-state index contributed by atoms with van der Waals surface area (Å²) in [6.45, 7) is 10.0. The fourth-order valence-electron chi connectivity index (χ4n) is 6.53. The minimum atomic E-state index is -3.78. The summed E-state index contributed by atoms with van der Waals surface area (Å²) in [6, 6.07) is 5.13. The van der Waals surface area contributed by atoms with Crippen molar-refractivity contribution in [1.82, 2.24) is 14.6 Å². The number of carbonyl (C=O) groups is 2. The first-order chi connectivity index (χ1) is 20.7. The third-order valence-electron chi connectivity index (χ3n) is 9.01. The van der Waals surface area contributed by atoms with Crippen LogP contribution in [0.5, 0.6) is 5.88 Å². The second-order valence-corrected chi connectivity index (χ2v) is 16.0. The standard InChI is InChI=1S/C32H49N5O6S/c1-22-11-12-27(44(41,36-30(40)43-31(2,3)4)37-19-7-10-26(37)29(38)39)28(35-22)42-25-9-6-8-23(20-25)15-18-34-24-13-16-32(5,21-33)17-14-24/h11-12,23-26,34H,6-10,13-20H2,1-5H3,(H,38,39)/t23-,24?,25-,26+,32?,44+/m1/s1. The van der Waals surface area contributed by atoms with E-state index in [-0.39, 0.29) is 28.8 Å². The number of aliphatic carboxylic acids is 1. The normalized spacial score (nSPS) is 29.3. The second-order valence-electron chi connectivity index (χ2n) is 13.9. The van der Waals surface area contributed by atoms with E-state index in [0.29, 0.717) is 30.5 Å². The summed E-state index contributed by atoms with van der Waals surface area (Å²) in [4.78, 5) is 29.8. The molecule has 2 aliphatic carbocycles. The topological polar surface area (TPSA) is 154 Å². The zero-order valence-electron chi connectivity index (χ0n) is 26.8. The Hall–Kier alpha value is -2.75. The van der Waals surface area contributed by atoms with Crippen LogP contribution in [0.15, 0.2) is 21.4 Å². The van der Waals surface area contributed by atoms with Crippen molar-refractivity contribution in [2.75, 3.05) is 13.1 Å². The maximum Gasteiger partial charge on any atom is 0.443 e. The van der Waals surface area contributed by atoms with Gasteiger partial charge < -0.3 is 19.9 Å². The number of aryl methyl sites for hydroxylation is 1. The molecule has 11 nitrogen and oxygen atoms in total. The molecule has 0 unspecified atom stereocenters. The van der Waals surface area contributed by atoms with Gasteiger partial charge in [0.1, 0.15) is 22.6 Å². The number of hydrogen-bond donors (Lipinski definition) is 2. The average molecular weight is 632 g/mol. The van der Waals surface area contributed by atoms with Gasteiger partial charge in [0.15, 0.2) is 9.92 Å². The third kappa shape index (κ3) is 8.70. The molecule has 4 rings (SSSR count). The van der Waals surface area contributed by atoms with Crippen LogP contribution in [0.25, 0.3) is 0 Å². The summed E-state index contributed by atoms with van der Waals surface area (Å²) >= 11 is 0. The van der Waals surface area contributed by atoms with E-state index in [1.54, 1.807) is 39.8 Å². The van der Waals surface area contributed by atoms with Crippen LogP contribution in [-0.2, 0) is 19.4 Å². The summed E-state index contributed by atoms with van der Waals surface area (Å²) in [5, 5.41) is 23.0. The Kier molecular flexibility index (Phi) is 11.0. The van der Waals surface area contributed by atoms with Crippen molar-refractivity contribution in [3.63, 3.8) is 0 Å². The lowest BCUT2D eigenvalue weighted by atomic mass is 9.75. The van der Waals surface area contributed by atoms with Gasteiger partial charge in [-0.05, 0) is 123 Å². The van der Waals surface area contributed by atoms with Gasteiger partial charge in [0, 0.05) is 18.3 Å². The van der Waals surface area contributed by atoms with Gasteiger partial charge in [0.05, 0.1) is 11.5 Å². The molecule has 2 heterocycles. The van der Waals surface area contributed by atoms with Crippen LogP contribution in [0.1, 0.15) is 104 Å². The van der Waals surface area contributed by atoms with E-state index in [2.05, 4.69) is 27.7 Å². The van der Waals surface area contributed by atoms with Gasteiger partial charge in [0.25, 0.3) is 0 Å². The molecular weight excluding hydrogens is 582 g/mol. The highest BCUT2D eigenvalue weighted by molar-refractivity contribution is 7.91. The molecule has 0 spiro atoms. The van der Waals surface area contributed by atoms with Crippen molar-refractivity contribution < 1.29 is 28.4 Å². The third-order valence-corrected chi connectivity index (χ3v) is 11.4. The van der Waals surface area contributed by atoms with Crippen molar-refractivity contribution in [1.29, 1.82) is 5.26 Å². The highest BCUT2D eigenvalue weighted by Crippen LogP contribution is 2.37. The van der Waals surface area contributed by atoms with Gasteiger partial charge >= 0.3 is 12.1 Å². The van der Waals surface area contributed by atoms with Gasteiger partial charge in [-0.1, -0.05) is 6.42 Å². The lowest BCUT2D eigenvalue weighted by molar-refractivity contribution is -0.140. The quantitative estimate of drug-likeness (QED) is 0.334. The Bertz CT molecular complexity index is 1350. The van der Waals surface area contributed by atoms with E-state index >= 15 is 0 Å². The van der Waals surface area contributed by atoms with Crippen molar-refractivity contribution in [3.8, 4) is 11.9 Å². The Morgan fingerprint density at radius 1 is 1.20 bits per heavy atom. The molecule has 1 amide bonds. The van der Waals surface area contributed by atoms with E-state index in [4.69, 9.17) is 9.47 Å². The monoisotopic (exact) mass is 631 g/mol. The zero-order valence-corrected chi connectivity index (χ0v) is 27.7. The molecule has 4 atom stereocenters. The molecule has 1 aromatic rings. The number of aromatic nitrogens is 1. The molecule has 2 saturated carbocycles. The van der Waals surface area contributed by atoms with Gasteiger partial charge in [-0.25, -0.2) is 14.0 Å². The number of rotatable bonds is 9. The second kappa shape index (κ2) is 14.1. The number of pyridine rings is 1. The zero-order chi connectivity index (χ0) is 32.1. The molecule has 1 aliphatic heterocycles. The van der Waals surface area contributed by atoms with Crippen molar-refractivity contribution in [2.24, 2.45) is 15.7 Å². The minimum Gasteiger partial charge on any atom is -0.480 e. The first kappa shape index (κ1) is 34.1. The minimum absolute atomic E-state index is 0.104. The number of hydrogen-bond acceptors (Lipinski definition) is 8. The van der Waals surface area contributed by atoms with E-state index in [1.165, 1.54) is 4.31 Å². The Labute approximate surface area is 262 Å². The number of amides is 1. The fourth-order valence-corrected chi connectivity index (χ4v) is 8.71. The summed E-state index contributed by atoms with van der Waals surface area (Å²) in [5.41, 5.74) is -0.416. The molecule has 1 saturated heterocycles. The smallest absolute Gasteiger partial charge is 0.443 e. The van der Waals surface area contributed by atoms with Crippen LogP contribution in [0.3, 0.4) is 0 Å². The van der Waals surface area contributed by atoms with Crippen LogP contribution in [-0.4, -0.2) is 67.5 Å². The summed E-state index contributed by atoms with van der Waals surface area (Å²) in [6.07, 6.45) is 8.27. The predicted octanol–water partition coefficient (Wildman–Crippen LogP) is 6.01. The molecule has 1 aromatic heterocycles. The lowest BCUT2D eigenvalue weighted by Gasteiger charge is -2.34. The van der Waals surface area contributed by atoms with E-state index in [9.17, 15) is 24.2 Å². The molecule has 0 radical (unpaired) electrons. The molecular formula is C32H49N5O6S. The Morgan fingerprint density at radius 2 is 1.93 bits per heavy atom. The van der Waals surface area contributed by atoms with Crippen molar-refractivity contribution in [3.05, 3.63) is 17.8 Å². The number of nitrogens with zero attached hydrogens (tertiary/aromatic N) is 4. The lowest BCUT2D eigenvalue weighted by Crippen LogP contribution is -2.41. The van der Waals surface area contributed by atoms with Crippen molar-refractivity contribution >= 4 is 22.0 Å². The van der Waals surface area contributed by atoms with E-state index < -0.39 is 33.6 Å². The van der Waals surface area contributed by atoms with Gasteiger partial charge in [-0.15, -0.1) is 4.36 Å². The fraction of sp³-hybridized carbons (Fsp3) is 0.750. The first-order valence-electron chi connectivity index (χ1n) is 16.0. The average Bonchev–Trinajstić information content (AvgIpc) is 3.45. The molecule has 0 bridgehead atoms. The van der Waals surface area contributed by atoms with E-state index in [0.717, 1.165) is 64.3 Å². The van der Waals surface area contributed by atoms with Crippen LogP contribution in [0, 0.1) is 29.6 Å². The number of carboxylic acids is 1. The molecule has 2 N–H and O–H groups in total. The molecule has 3 aliphatic rings. The summed E-state index contributed by atoms with van der Waals surface area (Å²) in [5.74, 6) is -0.536. The van der Waals surface area contributed by atoms with Crippen LogP contribution in [0.2, 0.25) is 0 Å². The van der Waals surface area contributed by atoms with Gasteiger partial charge in [0.2, 0.25) is 5.88 Å². The maximum atomic E-state index is 14.8. The summed E-state index contributed by atoms with van der Waals surface area (Å²) in [7, 11) is -3.78. The Balaban J connectivity index is 1.51. The van der Waals surface area contributed by atoms with Crippen LogP contribution in [0.4, 0.5) is 4.79 Å². The number of nitrogens with one attached hydrogen (secondary N) is 1. The predicted molar refractivity (Wildman–Crippen MR) is 166 cm³/mol. The highest BCUT2D eigenvalue weighted by atomic mass is 32.2. The number of nitriles is 1. The van der Waals surface area contributed by atoms with Crippen LogP contribution >= 0.6 is 0 Å². The summed E-state index contributed by atoms with van der Waals surface area (Å²) < 4.78 is 32.1. The van der Waals surface area contributed by atoms with Gasteiger partial charge in [-0.2, -0.15) is 9.57 Å². The first-order valence-corrected chi connectivity index (χ1v) is 17.5. The van der Waals surface area contributed by atoms with Gasteiger partial charge in [-0.3, -0.25) is 4.79 Å². The number of carbonyl (C=O) groups excluding carboxylic acids is 1. The molecule has 0 aromatic carbocycles. The number of carboxylic acid groups (broad SMARTS) is 1. The Morgan fingerprint density at radius 3 is 2.59 bits per heavy atom. The molecule has 44 heavy (non-hydrogen) atoms. The highest BCUT2D eigenvalue weighted by Gasteiger charge is 2.41. The number of ether oxygens (including phenoxy) is 2. The van der Waals surface area contributed by atoms with E-state index in [1.807, 2.05) is 0 Å². The van der Waals surface area contributed by atoms with Crippen molar-refractivity contribution in [2.45, 2.75) is 134 Å². The molecule has 3 fully saturated rings. The van der Waals surface area contributed by atoms with Crippen LogP contribution < -0.4 is 10.1 Å². The maximum absolute atomic E-state index is 14.8. The molecule has 244 valence electrons. The molecule has 12 heteroatoms. The SMILES string of the molecule is Cc1ccc([S@](=O)(=NC(=O)OC(C)(C)C)N2CCC[C@H]2C(=O)O)c(O[C@@H]2CCC[C@H](CCNC3CCC(C)(C#N)CC3)C2)n1.